The second-order valence-electron chi connectivity index (χ2n) is 5.78. The highest BCUT2D eigenvalue weighted by Crippen LogP contribution is 2.36. The van der Waals surface area contributed by atoms with Crippen molar-refractivity contribution in [1.29, 1.82) is 0 Å². The van der Waals surface area contributed by atoms with Gasteiger partial charge in [0, 0.05) is 6.20 Å². The molecule has 1 aliphatic heterocycles. The average Bonchev–Trinajstić information content (AvgIpc) is 3.22. The van der Waals surface area contributed by atoms with Crippen LogP contribution in [0.4, 0.5) is 5.82 Å². The van der Waals surface area contributed by atoms with E-state index in [-0.39, 0.29) is 12.3 Å². The fourth-order valence-electron chi connectivity index (χ4n) is 3.17. The van der Waals surface area contributed by atoms with Crippen LogP contribution in [0.15, 0.2) is 48.9 Å². The van der Waals surface area contributed by atoms with Crippen molar-refractivity contribution in [2.24, 2.45) is 0 Å². The van der Waals surface area contributed by atoms with Crippen LogP contribution in [0.2, 0.25) is 0 Å². The molecule has 3 heterocycles. The lowest BCUT2D eigenvalue weighted by atomic mass is 10.0. The van der Waals surface area contributed by atoms with Gasteiger partial charge in [0.15, 0.2) is 0 Å². The van der Waals surface area contributed by atoms with E-state index in [4.69, 9.17) is 10.5 Å². The second-order valence-corrected chi connectivity index (χ2v) is 5.78. The number of aromatic nitrogens is 3. The van der Waals surface area contributed by atoms with Gasteiger partial charge in [-0.1, -0.05) is 30.3 Å². The van der Waals surface area contributed by atoms with Crippen molar-refractivity contribution in [1.82, 2.24) is 14.5 Å². The van der Waals surface area contributed by atoms with Gasteiger partial charge in [-0.25, -0.2) is 9.97 Å². The number of nitrogen functional groups attached to an aromatic ring is 1. The number of ether oxygens (including phenoxy) is 1. The third-order valence-corrected chi connectivity index (χ3v) is 4.37. The van der Waals surface area contributed by atoms with Gasteiger partial charge in [-0.15, -0.1) is 0 Å². The molecular weight excluding hydrogens is 292 g/mol. The summed E-state index contributed by atoms with van der Waals surface area (Å²) >= 11 is 0. The molecular formula is C17H18N4O2. The van der Waals surface area contributed by atoms with Crippen LogP contribution < -0.4 is 5.73 Å². The molecule has 1 saturated heterocycles. The second kappa shape index (κ2) is 5.64. The summed E-state index contributed by atoms with van der Waals surface area (Å²) in [6.07, 6.45) is 3.99. The Hall–Kier alpha value is -2.44. The zero-order valence-electron chi connectivity index (χ0n) is 12.5. The molecule has 3 unspecified atom stereocenters. The molecule has 6 heteroatoms. The number of nitrogens with two attached hydrogens (primary N) is 1. The summed E-state index contributed by atoms with van der Waals surface area (Å²) in [5.41, 5.74) is 7.51. The third-order valence-electron chi connectivity index (χ3n) is 4.37. The normalized spacial score (nSPS) is 22.5. The van der Waals surface area contributed by atoms with Crippen molar-refractivity contribution in [2.75, 3.05) is 5.73 Å². The highest BCUT2D eigenvalue weighted by atomic mass is 16.5. The van der Waals surface area contributed by atoms with Crippen LogP contribution in [0.5, 0.6) is 0 Å². The first kappa shape index (κ1) is 14.2. The Balaban J connectivity index is 1.57. The van der Waals surface area contributed by atoms with Crippen molar-refractivity contribution in [3.63, 3.8) is 0 Å². The van der Waals surface area contributed by atoms with E-state index in [1.807, 2.05) is 47.2 Å². The number of nitrogens with zero attached hydrogens (tertiary/aromatic N) is 3. The maximum Gasteiger partial charge on any atom is 0.147 e. The standard InChI is InChI=1S/C17H18N4O2/c18-16-12-8-9-21(17(12)20-10-19-16)14-7-6-13(23-14)15(22)11-4-2-1-3-5-11/h1-5,8-10,13-15,22H,6-7H2,(H2,18,19,20). The van der Waals surface area contributed by atoms with E-state index >= 15 is 0 Å². The average molecular weight is 310 g/mol. The third kappa shape index (κ3) is 2.46. The summed E-state index contributed by atoms with van der Waals surface area (Å²) in [5.74, 6) is 0.465. The Bertz CT molecular complexity index is 818. The Morgan fingerprint density at radius 2 is 2.00 bits per heavy atom. The molecule has 1 aromatic carbocycles. The Morgan fingerprint density at radius 1 is 1.17 bits per heavy atom. The number of aliphatic hydroxyl groups excluding tert-OH is 1. The van der Waals surface area contributed by atoms with Crippen LogP contribution in [0.1, 0.15) is 30.7 Å². The maximum absolute atomic E-state index is 10.5. The summed E-state index contributed by atoms with van der Waals surface area (Å²) in [4.78, 5) is 8.31. The van der Waals surface area contributed by atoms with Crippen LogP contribution in [-0.4, -0.2) is 25.7 Å². The Kier molecular flexibility index (Phi) is 3.48. The van der Waals surface area contributed by atoms with Gasteiger partial charge in [-0.3, -0.25) is 0 Å². The van der Waals surface area contributed by atoms with Crippen LogP contribution in [0.3, 0.4) is 0 Å². The molecule has 0 spiro atoms. The number of hydrogen-bond donors (Lipinski definition) is 2. The number of benzene rings is 1. The smallest absolute Gasteiger partial charge is 0.147 e. The van der Waals surface area contributed by atoms with Crippen molar-refractivity contribution in [2.45, 2.75) is 31.3 Å². The molecule has 1 fully saturated rings. The molecule has 6 nitrogen and oxygen atoms in total. The topological polar surface area (TPSA) is 86.2 Å². The molecule has 0 bridgehead atoms. The van der Waals surface area contributed by atoms with E-state index in [0.29, 0.717) is 5.82 Å². The van der Waals surface area contributed by atoms with Gasteiger partial charge in [-0.05, 0) is 24.5 Å². The molecule has 2 aromatic heterocycles. The van der Waals surface area contributed by atoms with Gasteiger partial charge in [0.1, 0.15) is 30.1 Å². The highest BCUT2D eigenvalue weighted by Gasteiger charge is 2.33. The summed E-state index contributed by atoms with van der Waals surface area (Å²) in [6.45, 7) is 0. The van der Waals surface area contributed by atoms with E-state index in [9.17, 15) is 5.11 Å². The lowest BCUT2D eigenvalue weighted by Gasteiger charge is -2.20. The van der Waals surface area contributed by atoms with Crippen molar-refractivity contribution >= 4 is 16.9 Å². The molecule has 3 aromatic rings. The molecule has 0 saturated carbocycles. The fourth-order valence-corrected chi connectivity index (χ4v) is 3.17. The van der Waals surface area contributed by atoms with Gasteiger partial charge in [0.25, 0.3) is 0 Å². The molecule has 1 aliphatic rings. The van der Waals surface area contributed by atoms with Gasteiger partial charge in [0.05, 0.1) is 11.5 Å². The van der Waals surface area contributed by atoms with Crippen molar-refractivity contribution in [3.8, 4) is 0 Å². The quantitative estimate of drug-likeness (QED) is 0.776. The van der Waals surface area contributed by atoms with E-state index < -0.39 is 6.10 Å². The minimum Gasteiger partial charge on any atom is -0.386 e. The minimum absolute atomic E-state index is 0.148. The number of anilines is 1. The molecule has 0 aliphatic carbocycles. The van der Waals surface area contributed by atoms with Gasteiger partial charge < -0.3 is 20.1 Å². The monoisotopic (exact) mass is 310 g/mol. The van der Waals surface area contributed by atoms with Gasteiger partial charge in [-0.2, -0.15) is 0 Å². The molecule has 0 radical (unpaired) electrons. The van der Waals surface area contributed by atoms with Crippen LogP contribution >= 0.6 is 0 Å². The Labute approximate surface area is 133 Å². The molecule has 3 N–H and O–H groups in total. The van der Waals surface area contributed by atoms with Crippen molar-refractivity contribution < 1.29 is 9.84 Å². The summed E-state index contributed by atoms with van der Waals surface area (Å²) in [5, 5.41) is 11.3. The number of rotatable bonds is 3. The molecule has 3 atom stereocenters. The van der Waals surface area contributed by atoms with Gasteiger partial charge in [0.2, 0.25) is 0 Å². The molecule has 23 heavy (non-hydrogen) atoms. The first-order valence-electron chi connectivity index (χ1n) is 7.69. The summed E-state index contributed by atoms with van der Waals surface area (Å²) in [6, 6.07) is 11.5. The van der Waals surface area contributed by atoms with Crippen LogP contribution in [-0.2, 0) is 4.74 Å². The summed E-state index contributed by atoms with van der Waals surface area (Å²) < 4.78 is 8.05. The SMILES string of the molecule is Nc1ncnc2c1ccn2C1CCC(C(O)c2ccccc2)O1. The fraction of sp³-hybridized carbons (Fsp3) is 0.294. The minimum atomic E-state index is -0.622. The first-order valence-corrected chi connectivity index (χ1v) is 7.69. The van der Waals surface area contributed by atoms with Crippen molar-refractivity contribution in [3.05, 3.63) is 54.5 Å². The number of fused-ring (bicyclic) bond motifs is 1. The number of hydrogen-bond acceptors (Lipinski definition) is 5. The van der Waals surface area contributed by atoms with E-state index in [1.54, 1.807) is 0 Å². The molecule has 0 amide bonds. The lowest BCUT2D eigenvalue weighted by molar-refractivity contribution is -0.0590. The zero-order chi connectivity index (χ0) is 15.8. The van der Waals surface area contributed by atoms with Crippen LogP contribution in [0, 0.1) is 0 Å². The zero-order valence-corrected chi connectivity index (χ0v) is 12.5. The largest absolute Gasteiger partial charge is 0.386 e. The van der Waals surface area contributed by atoms with E-state index in [1.165, 1.54) is 6.33 Å². The number of aliphatic hydroxyl groups is 1. The summed E-state index contributed by atoms with van der Waals surface area (Å²) in [7, 11) is 0. The first-order chi connectivity index (χ1) is 11.2. The highest BCUT2D eigenvalue weighted by molar-refractivity contribution is 5.86. The van der Waals surface area contributed by atoms with E-state index in [0.717, 1.165) is 29.4 Å². The van der Waals surface area contributed by atoms with Crippen LogP contribution in [0.25, 0.3) is 11.0 Å². The predicted octanol–water partition coefficient (Wildman–Crippen LogP) is 2.42. The molecule has 4 rings (SSSR count). The predicted molar refractivity (Wildman–Crippen MR) is 86.5 cm³/mol. The van der Waals surface area contributed by atoms with E-state index in [2.05, 4.69) is 9.97 Å². The Morgan fingerprint density at radius 3 is 2.83 bits per heavy atom. The molecule has 118 valence electrons. The van der Waals surface area contributed by atoms with Gasteiger partial charge >= 0.3 is 0 Å². The maximum atomic E-state index is 10.5. The lowest BCUT2D eigenvalue weighted by Crippen LogP contribution is -2.19.